The van der Waals surface area contributed by atoms with Crippen LogP contribution in [0.2, 0.25) is 5.02 Å². The molecule has 134 valence electrons. The van der Waals surface area contributed by atoms with Gasteiger partial charge in [-0.25, -0.2) is 8.42 Å². The maximum Gasteiger partial charge on any atom is 0.252 e. The predicted molar refractivity (Wildman–Crippen MR) is 97.5 cm³/mol. The summed E-state index contributed by atoms with van der Waals surface area (Å²) >= 11 is 7.04. The number of nitrogens with zero attached hydrogens (tertiary/aromatic N) is 1. The number of amides is 1. The molecule has 1 aliphatic heterocycles. The molecular weight excluding hydrogens is 384 g/mol. The number of phenols is 1. The first-order chi connectivity index (χ1) is 11.9. The molecule has 0 spiro atoms. The summed E-state index contributed by atoms with van der Waals surface area (Å²) in [6.45, 7) is 0.514. The number of thiophene rings is 1. The fourth-order valence-electron chi connectivity index (χ4n) is 2.76. The summed E-state index contributed by atoms with van der Waals surface area (Å²) in [7, 11) is -3.57. The van der Waals surface area contributed by atoms with E-state index in [-0.39, 0.29) is 28.1 Å². The van der Waals surface area contributed by atoms with Gasteiger partial charge in [0, 0.05) is 18.1 Å². The number of carbonyl (C=O) groups excluding carboxylic acids is 1. The number of anilines is 1. The van der Waals surface area contributed by atoms with E-state index in [1.54, 1.807) is 17.5 Å². The Balaban J connectivity index is 1.73. The molecule has 2 aromatic rings. The number of aromatic hydroxyl groups is 1. The Kier molecular flexibility index (Phi) is 5.33. The highest BCUT2D eigenvalue weighted by molar-refractivity contribution is 7.91. The molecule has 1 aliphatic rings. The Morgan fingerprint density at radius 3 is 2.88 bits per heavy atom. The maximum atomic E-state index is 12.6. The van der Waals surface area contributed by atoms with E-state index in [0.29, 0.717) is 24.4 Å². The van der Waals surface area contributed by atoms with Crippen molar-refractivity contribution in [3.05, 3.63) is 40.7 Å². The van der Waals surface area contributed by atoms with Crippen LogP contribution in [0.15, 0.2) is 39.9 Å². The first kappa shape index (κ1) is 18.2. The third kappa shape index (κ3) is 3.98. The third-order valence-corrected chi connectivity index (χ3v) is 7.53. The Bertz CT molecular complexity index is 868. The van der Waals surface area contributed by atoms with Crippen molar-refractivity contribution in [2.24, 2.45) is 5.92 Å². The molecule has 9 heteroatoms. The zero-order valence-electron chi connectivity index (χ0n) is 13.2. The van der Waals surface area contributed by atoms with Gasteiger partial charge in [0.25, 0.3) is 10.0 Å². The summed E-state index contributed by atoms with van der Waals surface area (Å²) in [6.07, 6.45) is 1.19. The quantitative estimate of drug-likeness (QED) is 0.772. The van der Waals surface area contributed by atoms with Crippen LogP contribution in [0.3, 0.4) is 0 Å². The zero-order chi connectivity index (χ0) is 18.0. The van der Waals surface area contributed by atoms with Crippen LogP contribution in [0.5, 0.6) is 5.75 Å². The van der Waals surface area contributed by atoms with Gasteiger partial charge in [-0.05, 0) is 42.5 Å². The van der Waals surface area contributed by atoms with E-state index in [0.717, 1.165) is 11.3 Å². The molecule has 0 saturated carbocycles. The van der Waals surface area contributed by atoms with E-state index in [9.17, 15) is 18.3 Å². The Hall–Kier alpha value is -1.61. The van der Waals surface area contributed by atoms with Crippen molar-refractivity contribution >= 4 is 44.6 Å². The van der Waals surface area contributed by atoms with Crippen LogP contribution in [0.25, 0.3) is 0 Å². The highest BCUT2D eigenvalue weighted by atomic mass is 35.5. The van der Waals surface area contributed by atoms with Gasteiger partial charge >= 0.3 is 0 Å². The molecule has 0 radical (unpaired) electrons. The van der Waals surface area contributed by atoms with Crippen molar-refractivity contribution in [1.82, 2.24) is 4.31 Å². The van der Waals surface area contributed by atoms with Crippen LogP contribution in [0, 0.1) is 5.92 Å². The molecule has 1 atom stereocenters. The van der Waals surface area contributed by atoms with E-state index < -0.39 is 15.9 Å². The highest BCUT2D eigenvalue weighted by Gasteiger charge is 2.34. The maximum absolute atomic E-state index is 12.6. The standard InChI is InChI=1S/C16H17ClN2O4S2/c17-12-5-6-14(20)13(9-12)18-16(21)11-3-1-7-19(10-11)25(22,23)15-4-2-8-24-15/h2,4-6,8-9,11,20H,1,3,7,10H2,(H,18,21). The smallest absolute Gasteiger partial charge is 0.252 e. The average molecular weight is 401 g/mol. The molecule has 1 fully saturated rings. The number of nitrogens with one attached hydrogen (secondary N) is 1. The topological polar surface area (TPSA) is 86.7 Å². The van der Waals surface area contributed by atoms with Gasteiger partial charge in [0.05, 0.1) is 11.6 Å². The molecule has 1 unspecified atom stereocenters. The molecule has 2 heterocycles. The molecule has 2 N–H and O–H groups in total. The predicted octanol–water partition coefficient (Wildman–Crippen LogP) is 3.15. The summed E-state index contributed by atoms with van der Waals surface area (Å²) < 4.78 is 26.9. The number of hydrogen-bond donors (Lipinski definition) is 2. The second-order valence-corrected chi connectivity index (χ2v) is 9.33. The number of piperidine rings is 1. The second kappa shape index (κ2) is 7.33. The van der Waals surface area contributed by atoms with E-state index in [4.69, 9.17) is 11.6 Å². The molecule has 1 saturated heterocycles. The molecule has 3 rings (SSSR count). The molecule has 1 amide bonds. The number of rotatable bonds is 4. The van der Waals surface area contributed by atoms with Crippen molar-refractivity contribution in [3.8, 4) is 5.75 Å². The van der Waals surface area contributed by atoms with Gasteiger partial charge in [-0.3, -0.25) is 4.79 Å². The fourth-order valence-corrected chi connectivity index (χ4v) is 5.60. The number of carbonyl (C=O) groups is 1. The summed E-state index contributed by atoms with van der Waals surface area (Å²) in [5.74, 6) is -0.901. The van der Waals surface area contributed by atoms with Crippen molar-refractivity contribution in [2.45, 2.75) is 17.1 Å². The van der Waals surface area contributed by atoms with Crippen LogP contribution in [-0.2, 0) is 14.8 Å². The summed E-state index contributed by atoms with van der Waals surface area (Å²) in [6, 6.07) is 7.62. The van der Waals surface area contributed by atoms with E-state index in [1.165, 1.54) is 22.5 Å². The monoisotopic (exact) mass is 400 g/mol. The second-order valence-electron chi connectivity index (χ2n) is 5.79. The molecule has 1 aromatic carbocycles. The Morgan fingerprint density at radius 1 is 1.36 bits per heavy atom. The molecule has 1 aromatic heterocycles. The lowest BCUT2D eigenvalue weighted by atomic mass is 9.98. The van der Waals surface area contributed by atoms with Crippen LogP contribution in [0.1, 0.15) is 12.8 Å². The van der Waals surface area contributed by atoms with E-state index in [2.05, 4.69) is 5.32 Å². The lowest BCUT2D eigenvalue weighted by Gasteiger charge is -2.30. The molecule has 0 aliphatic carbocycles. The van der Waals surface area contributed by atoms with Crippen LogP contribution < -0.4 is 5.32 Å². The van der Waals surface area contributed by atoms with Gasteiger partial charge in [0.2, 0.25) is 5.91 Å². The summed E-state index contributed by atoms with van der Waals surface area (Å²) in [5, 5.41) is 14.5. The van der Waals surface area contributed by atoms with Crippen LogP contribution >= 0.6 is 22.9 Å². The number of benzene rings is 1. The van der Waals surface area contributed by atoms with Crippen molar-refractivity contribution in [1.29, 1.82) is 0 Å². The first-order valence-electron chi connectivity index (χ1n) is 7.71. The Morgan fingerprint density at radius 2 is 2.16 bits per heavy atom. The Labute approximate surface area is 155 Å². The zero-order valence-corrected chi connectivity index (χ0v) is 15.6. The minimum absolute atomic E-state index is 0.0865. The molecular formula is C16H17ClN2O4S2. The van der Waals surface area contributed by atoms with E-state index >= 15 is 0 Å². The van der Waals surface area contributed by atoms with Gasteiger partial charge in [-0.15, -0.1) is 11.3 Å². The van der Waals surface area contributed by atoms with E-state index in [1.807, 2.05) is 0 Å². The van der Waals surface area contributed by atoms with Crippen molar-refractivity contribution in [3.63, 3.8) is 0 Å². The minimum atomic E-state index is -3.57. The van der Waals surface area contributed by atoms with Gasteiger partial charge in [0.1, 0.15) is 9.96 Å². The van der Waals surface area contributed by atoms with Crippen molar-refractivity contribution < 1.29 is 18.3 Å². The first-order valence-corrected chi connectivity index (χ1v) is 10.4. The number of hydrogen-bond acceptors (Lipinski definition) is 5. The molecule has 0 bridgehead atoms. The lowest BCUT2D eigenvalue weighted by Crippen LogP contribution is -2.43. The number of halogens is 1. The van der Waals surface area contributed by atoms with Crippen LogP contribution in [-0.4, -0.2) is 36.8 Å². The van der Waals surface area contributed by atoms with Gasteiger partial charge in [-0.2, -0.15) is 4.31 Å². The number of phenolic OH excluding ortho intramolecular Hbond substituents is 1. The lowest BCUT2D eigenvalue weighted by molar-refractivity contribution is -0.120. The largest absolute Gasteiger partial charge is 0.506 e. The molecule has 6 nitrogen and oxygen atoms in total. The summed E-state index contributed by atoms with van der Waals surface area (Å²) in [5.41, 5.74) is 0.218. The minimum Gasteiger partial charge on any atom is -0.506 e. The van der Waals surface area contributed by atoms with Crippen molar-refractivity contribution in [2.75, 3.05) is 18.4 Å². The normalized spacial score (nSPS) is 18.8. The highest BCUT2D eigenvalue weighted by Crippen LogP contribution is 2.30. The fraction of sp³-hybridized carbons (Fsp3) is 0.312. The van der Waals surface area contributed by atoms with Crippen LogP contribution in [0.4, 0.5) is 5.69 Å². The molecule has 25 heavy (non-hydrogen) atoms. The number of sulfonamides is 1. The third-order valence-electron chi connectivity index (χ3n) is 4.06. The average Bonchev–Trinajstić information content (AvgIpc) is 3.13. The summed E-state index contributed by atoms with van der Waals surface area (Å²) in [4.78, 5) is 12.5. The van der Waals surface area contributed by atoms with Gasteiger partial charge in [0.15, 0.2) is 0 Å². The SMILES string of the molecule is O=C(Nc1cc(Cl)ccc1O)C1CCCN(S(=O)(=O)c2cccs2)C1. The van der Waals surface area contributed by atoms with Gasteiger partial charge in [-0.1, -0.05) is 17.7 Å². The van der Waals surface area contributed by atoms with Gasteiger partial charge < -0.3 is 10.4 Å².